The molecule has 13 heteroatoms. The van der Waals surface area contributed by atoms with Gasteiger partial charge in [0.15, 0.2) is 17.4 Å². The SMILES string of the molecule is Cc1nc2n(C)c3c(ncn3[C@@H]3O[C@H](CO)C(O)[C@@H]3O)c(=O)n2c1CCC(N)C(=O)O. The van der Waals surface area contributed by atoms with E-state index in [4.69, 9.17) is 15.6 Å². The Morgan fingerprint density at radius 2 is 2.06 bits per heavy atom. The zero-order valence-electron chi connectivity index (χ0n) is 16.9. The lowest BCUT2D eigenvalue weighted by Crippen LogP contribution is -2.33. The Morgan fingerprint density at radius 3 is 2.68 bits per heavy atom. The zero-order valence-corrected chi connectivity index (χ0v) is 16.9. The number of aryl methyl sites for hydroxylation is 3. The molecule has 3 aromatic heterocycles. The standard InChI is InChI=1S/C18H24N6O7/c1-7-9(4-3-8(19)17(29)30)24-15(28)11-14(22(2)18(24)21-7)23(6-20-11)16-13(27)12(26)10(5-25)31-16/h6,8,10,12-13,16,25-27H,3-5,19H2,1-2H3,(H,29,30)/t8?,10-,12?,13+,16-/m1/s1. The Labute approximate surface area is 174 Å². The summed E-state index contributed by atoms with van der Waals surface area (Å²) >= 11 is 0. The van der Waals surface area contributed by atoms with Crippen molar-refractivity contribution in [3.05, 3.63) is 28.1 Å². The molecule has 168 valence electrons. The van der Waals surface area contributed by atoms with Crippen molar-refractivity contribution in [1.29, 1.82) is 0 Å². The Hall–Kier alpha value is -2.84. The molecule has 5 atom stereocenters. The molecule has 4 rings (SSSR count). The highest BCUT2D eigenvalue weighted by atomic mass is 16.6. The summed E-state index contributed by atoms with van der Waals surface area (Å²) in [6, 6.07) is -1.07. The maximum atomic E-state index is 13.2. The van der Waals surface area contributed by atoms with E-state index in [0.717, 1.165) is 0 Å². The number of aliphatic hydroxyl groups is 3. The monoisotopic (exact) mass is 436 g/mol. The molecule has 31 heavy (non-hydrogen) atoms. The average molecular weight is 436 g/mol. The number of nitrogens with zero attached hydrogens (tertiary/aromatic N) is 5. The molecule has 1 saturated heterocycles. The lowest BCUT2D eigenvalue weighted by Gasteiger charge is -2.18. The number of fused-ring (bicyclic) bond motifs is 2. The Balaban J connectivity index is 1.85. The largest absolute Gasteiger partial charge is 0.480 e. The van der Waals surface area contributed by atoms with E-state index in [9.17, 15) is 24.9 Å². The van der Waals surface area contributed by atoms with E-state index in [0.29, 0.717) is 22.8 Å². The topological polar surface area (TPSA) is 190 Å². The summed E-state index contributed by atoms with van der Waals surface area (Å²) in [6.45, 7) is 1.23. The summed E-state index contributed by atoms with van der Waals surface area (Å²) in [7, 11) is 1.66. The Bertz CT molecular complexity index is 1210. The van der Waals surface area contributed by atoms with Crippen molar-refractivity contribution in [3.63, 3.8) is 0 Å². The number of rotatable bonds is 6. The van der Waals surface area contributed by atoms with Crippen molar-refractivity contribution in [2.45, 2.75) is 50.3 Å². The van der Waals surface area contributed by atoms with E-state index in [2.05, 4.69) is 9.97 Å². The fraction of sp³-hybridized carbons (Fsp3) is 0.556. The number of aliphatic hydroxyl groups excluding tert-OH is 3. The van der Waals surface area contributed by atoms with E-state index in [1.807, 2.05) is 0 Å². The molecule has 0 radical (unpaired) electrons. The van der Waals surface area contributed by atoms with Crippen LogP contribution in [0.5, 0.6) is 0 Å². The smallest absolute Gasteiger partial charge is 0.320 e. The van der Waals surface area contributed by atoms with Gasteiger partial charge in [0.1, 0.15) is 24.4 Å². The second kappa shape index (κ2) is 7.69. The number of hydrogen-bond donors (Lipinski definition) is 5. The van der Waals surface area contributed by atoms with Gasteiger partial charge in [-0.25, -0.2) is 14.4 Å². The number of carboxylic acid groups (broad SMARTS) is 1. The van der Waals surface area contributed by atoms with Gasteiger partial charge in [0.25, 0.3) is 5.56 Å². The minimum absolute atomic E-state index is 0.0777. The number of aliphatic carboxylic acids is 1. The first-order valence-electron chi connectivity index (χ1n) is 9.71. The highest BCUT2D eigenvalue weighted by molar-refractivity contribution is 5.74. The maximum Gasteiger partial charge on any atom is 0.320 e. The minimum atomic E-state index is -1.34. The van der Waals surface area contributed by atoms with Crippen LogP contribution in [0.1, 0.15) is 24.0 Å². The van der Waals surface area contributed by atoms with E-state index < -0.39 is 48.7 Å². The van der Waals surface area contributed by atoms with Crippen molar-refractivity contribution in [2.24, 2.45) is 12.8 Å². The van der Waals surface area contributed by atoms with E-state index >= 15 is 0 Å². The predicted octanol–water partition coefficient (Wildman–Crippen LogP) is -2.35. The quantitative estimate of drug-likeness (QED) is 0.279. The van der Waals surface area contributed by atoms with Crippen molar-refractivity contribution in [3.8, 4) is 0 Å². The van der Waals surface area contributed by atoms with Crippen LogP contribution in [0.2, 0.25) is 0 Å². The number of carboxylic acids is 1. The first kappa shape index (κ1) is 21.4. The molecule has 0 saturated carbocycles. The van der Waals surface area contributed by atoms with Crippen LogP contribution < -0.4 is 11.3 Å². The van der Waals surface area contributed by atoms with Crippen LogP contribution >= 0.6 is 0 Å². The third kappa shape index (κ3) is 3.21. The summed E-state index contributed by atoms with van der Waals surface area (Å²) in [5.41, 5.74) is 6.62. The molecule has 0 bridgehead atoms. The number of nitrogens with two attached hydrogens (primary N) is 1. The van der Waals surface area contributed by atoms with Gasteiger partial charge in [0.05, 0.1) is 24.3 Å². The summed E-state index contributed by atoms with van der Waals surface area (Å²) in [5.74, 6) is -0.832. The number of hydrogen-bond acceptors (Lipinski definition) is 9. The third-order valence-electron chi connectivity index (χ3n) is 5.75. The number of carbonyl (C=O) groups is 1. The summed E-state index contributed by atoms with van der Waals surface area (Å²) in [5, 5.41) is 38.8. The van der Waals surface area contributed by atoms with E-state index in [-0.39, 0.29) is 18.4 Å². The molecule has 0 aliphatic carbocycles. The fourth-order valence-corrected chi connectivity index (χ4v) is 4.03. The van der Waals surface area contributed by atoms with Crippen molar-refractivity contribution < 1.29 is 30.0 Å². The molecule has 1 aliphatic rings. The van der Waals surface area contributed by atoms with Gasteiger partial charge in [-0.1, -0.05) is 0 Å². The Morgan fingerprint density at radius 1 is 1.35 bits per heavy atom. The highest BCUT2D eigenvalue weighted by Crippen LogP contribution is 2.31. The number of ether oxygens (including phenoxy) is 1. The zero-order chi connectivity index (χ0) is 22.6. The first-order chi connectivity index (χ1) is 14.7. The van der Waals surface area contributed by atoms with Gasteiger partial charge in [-0.2, -0.15) is 0 Å². The Kier molecular flexibility index (Phi) is 5.31. The molecule has 0 amide bonds. The van der Waals surface area contributed by atoms with Gasteiger partial charge < -0.3 is 30.9 Å². The van der Waals surface area contributed by atoms with Gasteiger partial charge in [0.2, 0.25) is 5.78 Å². The molecule has 1 fully saturated rings. The van der Waals surface area contributed by atoms with E-state index in [1.54, 1.807) is 18.5 Å². The molecule has 2 unspecified atom stereocenters. The minimum Gasteiger partial charge on any atom is -0.480 e. The van der Waals surface area contributed by atoms with Crippen molar-refractivity contribution in [2.75, 3.05) is 6.61 Å². The van der Waals surface area contributed by atoms with E-state index in [1.165, 1.54) is 15.3 Å². The molecule has 6 N–H and O–H groups in total. The third-order valence-corrected chi connectivity index (χ3v) is 5.75. The second-order valence-corrected chi connectivity index (χ2v) is 7.68. The summed E-state index contributed by atoms with van der Waals surface area (Å²) in [6.07, 6.45) is -2.99. The average Bonchev–Trinajstić information content (AvgIpc) is 3.39. The van der Waals surface area contributed by atoms with Gasteiger partial charge in [-0.15, -0.1) is 0 Å². The second-order valence-electron chi connectivity index (χ2n) is 7.68. The number of imidazole rings is 2. The van der Waals surface area contributed by atoms with Crippen LogP contribution in [-0.4, -0.2) is 80.9 Å². The molecule has 13 nitrogen and oxygen atoms in total. The summed E-state index contributed by atoms with van der Waals surface area (Å²) in [4.78, 5) is 32.9. The molecular formula is C18H24N6O7. The van der Waals surface area contributed by atoms with Gasteiger partial charge in [0, 0.05) is 7.05 Å². The van der Waals surface area contributed by atoms with Crippen LogP contribution in [0.25, 0.3) is 16.9 Å². The van der Waals surface area contributed by atoms with Gasteiger partial charge >= 0.3 is 5.97 Å². The van der Waals surface area contributed by atoms with Gasteiger partial charge in [-0.05, 0) is 19.8 Å². The molecule has 1 aliphatic heterocycles. The number of aromatic nitrogens is 5. The van der Waals surface area contributed by atoms with Crippen LogP contribution in [0.15, 0.2) is 11.1 Å². The van der Waals surface area contributed by atoms with Gasteiger partial charge in [-0.3, -0.25) is 18.7 Å². The normalized spacial score (nSPS) is 25.0. The fourth-order valence-electron chi connectivity index (χ4n) is 4.03. The highest BCUT2D eigenvalue weighted by Gasteiger charge is 2.44. The summed E-state index contributed by atoms with van der Waals surface area (Å²) < 4.78 is 9.97. The van der Waals surface area contributed by atoms with Crippen LogP contribution in [-0.2, 0) is 23.0 Å². The molecule has 0 spiro atoms. The molecule has 0 aromatic carbocycles. The molecular weight excluding hydrogens is 412 g/mol. The van der Waals surface area contributed by atoms with Crippen LogP contribution in [0.4, 0.5) is 0 Å². The lowest BCUT2D eigenvalue weighted by atomic mass is 10.1. The van der Waals surface area contributed by atoms with Crippen molar-refractivity contribution >= 4 is 22.9 Å². The molecule has 3 aromatic rings. The lowest BCUT2D eigenvalue weighted by molar-refractivity contribution is -0.138. The molecule has 4 heterocycles. The maximum absolute atomic E-state index is 13.2. The first-order valence-corrected chi connectivity index (χ1v) is 9.71. The van der Waals surface area contributed by atoms with Crippen LogP contribution in [0.3, 0.4) is 0 Å². The predicted molar refractivity (Wildman–Crippen MR) is 105 cm³/mol. The van der Waals surface area contributed by atoms with Crippen LogP contribution in [0, 0.1) is 6.92 Å². The van der Waals surface area contributed by atoms with Crippen molar-refractivity contribution in [1.82, 2.24) is 23.5 Å².